The number of benzene rings is 1. The molecule has 5 heteroatoms. The van der Waals surface area contributed by atoms with Gasteiger partial charge in [0.25, 0.3) is 0 Å². The Bertz CT molecular complexity index is 413. The maximum atomic E-state index is 6.15. The molecule has 0 fully saturated rings. The monoisotopic (exact) mass is 314 g/mol. The lowest BCUT2D eigenvalue weighted by atomic mass is 10.1. The molecular formula is C16H27ClN2O2. The number of nitrogens with one attached hydrogen (secondary N) is 1. The van der Waals surface area contributed by atoms with Crippen molar-refractivity contribution in [1.82, 2.24) is 5.32 Å². The molecule has 4 nitrogen and oxygen atoms in total. The first kappa shape index (κ1) is 18.2. The molecule has 0 atom stereocenters. The highest BCUT2D eigenvalue weighted by molar-refractivity contribution is 6.30. The van der Waals surface area contributed by atoms with E-state index in [9.17, 15) is 0 Å². The third-order valence-corrected chi connectivity index (χ3v) is 3.54. The largest absolute Gasteiger partial charge is 0.383 e. The Morgan fingerprint density at radius 1 is 1.19 bits per heavy atom. The van der Waals surface area contributed by atoms with Crippen LogP contribution in [-0.2, 0) is 16.0 Å². The van der Waals surface area contributed by atoms with Crippen LogP contribution in [0.4, 0.5) is 5.69 Å². The summed E-state index contributed by atoms with van der Waals surface area (Å²) in [7, 11) is 3.44. The second-order valence-electron chi connectivity index (χ2n) is 5.22. The van der Waals surface area contributed by atoms with Crippen LogP contribution in [0.1, 0.15) is 19.4 Å². The van der Waals surface area contributed by atoms with E-state index >= 15 is 0 Å². The highest BCUT2D eigenvalue weighted by atomic mass is 35.5. The Balaban J connectivity index is 2.86. The van der Waals surface area contributed by atoms with E-state index in [1.54, 1.807) is 14.2 Å². The summed E-state index contributed by atoms with van der Waals surface area (Å²) in [6, 6.07) is 6.46. The van der Waals surface area contributed by atoms with Gasteiger partial charge in [-0.15, -0.1) is 0 Å². The van der Waals surface area contributed by atoms with Crippen LogP contribution in [0.3, 0.4) is 0 Å². The molecule has 0 saturated heterocycles. The first-order valence-electron chi connectivity index (χ1n) is 7.33. The van der Waals surface area contributed by atoms with Crippen molar-refractivity contribution in [3.63, 3.8) is 0 Å². The first-order chi connectivity index (χ1) is 10.1. The number of halogens is 1. The van der Waals surface area contributed by atoms with Crippen molar-refractivity contribution >= 4 is 17.3 Å². The highest BCUT2D eigenvalue weighted by Gasteiger charge is 2.14. The van der Waals surface area contributed by atoms with Gasteiger partial charge in [-0.1, -0.05) is 11.6 Å². The van der Waals surface area contributed by atoms with Gasteiger partial charge in [0, 0.05) is 50.6 Å². The second kappa shape index (κ2) is 10.0. The molecule has 120 valence electrons. The van der Waals surface area contributed by atoms with Crippen molar-refractivity contribution in [3.8, 4) is 0 Å². The summed E-state index contributed by atoms with van der Waals surface area (Å²) in [5, 5.41) is 4.14. The Morgan fingerprint density at radius 2 is 1.90 bits per heavy atom. The fourth-order valence-corrected chi connectivity index (χ4v) is 2.41. The number of methoxy groups -OCH3 is 2. The number of ether oxygens (including phenoxy) is 2. The fraction of sp³-hybridized carbons (Fsp3) is 0.625. The van der Waals surface area contributed by atoms with Crippen LogP contribution in [0.5, 0.6) is 0 Å². The lowest BCUT2D eigenvalue weighted by molar-refractivity contribution is 0.199. The van der Waals surface area contributed by atoms with Gasteiger partial charge in [0.05, 0.1) is 13.2 Å². The molecular weight excluding hydrogens is 288 g/mol. The van der Waals surface area contributed by atoms with Gasteiger partial charge in [-0.05, 0) is 37.6 Å². The zero-order valence-electron chi connectivity index (χ0n) is 13.5. The average molecular weight is 315 g/mol. The lowest BCUT2D eigenvalue weighted by Crippen LogP contribution is -2.35. The van der Waals surface area contributed by atoms with E-state index in [2.05, 4.69) is 30.1 Å². The van der Waals surface area contributed by atoms with Gasteiger partial charge in [-0.3, -0.25) is 0 Å². The minimum absolute atomic E-state index is 0.402. The van der Waals surface area contributed by atoms with E-state index in [1.165, 1.54) is 11.3 Å². The van der Waals surface area contributed by atoms with Crippen LogP contribution in [0.15, 0.2) is 18.2 Å². The summed E-state index contributed by atoms with van der Waals surface area (Å²) >= 11 is 6.15. The molecule has 0 aliphatic heterocycles. The zero-order chi connectivity index (χ0) is 15.7. The van der Waals surface area contributed by atoms with Crippen molar-refractivity contribution < 1.29 is 9.47 Å². The Morgan fingerprint density at radius 3 is 2.52 bits per heavy atom. The molecule has 1 N–H and O–H groups in total. The fourth-order valence-electron chi connectivity index (χ4n) is 2.22. The number of rotatable bonds is 10. The summed E-state index contributed by atoms with van der Waals surface area (Å²) in [4.78, 5) is 2.34. The molecule has 0 aliphatic rings. The molecule has 0 aliphatic carbocycles. The third-order valence-electron chi connectivity index (χ3n) is 3.31. The van der Waals surface area contributed by atoms with Crippen LogP contribution in [0, 0.1) is 0 Å². The summed E-state index contributed by atoms with van der Waals surface area (Å²) in [5.41, 5.74) is 2.40. The van der Waals surface area contributed by atoms with E-state index in [4.69, 9.17) is 21.1 Å². The molecule has 0 saturated carbocycles. The SMILES string of the molecule is COCCNCc1cc(Cl)ccc1N(CCOC)C(C)C. The zero-order valence-corrected chi connectivity index (χ0v) is 14.2. The van der Waals surface area contributed by atoms with Crippen LogP contribution in [0.25, 0.3) is 0 Å². The molecule has 0 amide bonds. The minimum atomic E-state index is 0.402. The molecule has 0 unspecified atom stereocenters. The molecule has 1 rings (SSSR count). The van der Waals surface area contributed by atoms with Gasteiger partial charge in [0.2, 0.25) is 0 Å². The topological polar surface area (TPSA) is 33.7 Å². The van der Waals surface area contributed by atoms with Gasteiger partial charge < -0.3 is 19.7 Å². The molecule has 0 aromatic heterocycles. The van der Waals surface area contributed by atoms with Gasteiger partial charge in [0.1, 0.15) is 0 Å². The van der Waals surface area contributed by atoms with Gasteiger partial charge in [-0.25, -0.2) is 0 Å². The summed E-state index contributed by atoms with van der Waals surface area (Å²) in [5.74, 6) is 0. The maximum absolute atomic E-state index is 6.15. The Hall–Kier alpha value is -0.810. The molecule has 0 radical (unpaired) electrons. The van der Waals surface area contributed by atoms with E-state index in [0.717, 1.165) is 24.7 Å². The molecule has 21 heavy (non-hydrogen) atoms. The number of hydrogen-bond donors (Lipinski definition) is 1. The highest BCUT2D eigenvalue weighted by Crippen LogP contribution is 2.26. The van der Waals surface area contributed by atoms with Crippen molar-refractivity contribution in [2.45, 2.75) is 26.4 Å². The van der Waals surface area contributed by atoms with E-state index in [0.29, 0.717) is 19.3 Å². The standard InChI is InChI=1S/C16H27ClN2O2/c1-13(2)19(8-10-21-4)16-6-5-15(17)11-14(16)12-18-7-9-20-3/h5-6,11,13,18H,7-10,12H2,1-4H3. The summed E-state index contributed by atoms with van der Waals surface area (Å²) < 4.78 is 10.3. The Kier molecular flexibility index (Phi) is 8.69. The van der Waals surface area contributed by atoms with Gasteiger partial charge in [-0.2, -0.15) is 0 Å². The van der Waals surface area contributed by atoms with Crippen LogP contribution < -0.4 is 10.2 Å². The quantitative estimate of drug-likeness (QED) is 0.673. The molecule has 1 aromatic rings. The second-order valence-corrected chi connectivity index (χ2v) is 5.66. The number of hydrogen-bond acceptors (Lipinski definition) is 4. The van der Waals surface area contributed by atoms with E-state index in [1.807, 2.05) is 12.1 Å². The smallest absolute Gasteiger partial charge is 0.0637 e. The van der Waals surface area contributed by atoms with E-state index < -0.39 is 0 Å². The van der Waals surface area contributed by atoms with Crippen LogP contribution in [0.2, 0.25) is 5.02 Å². The lowest BCUT2D eigenvalue weighted by Gasteiger charge is -2.31. The minimum Gasteiger partial charge on any atom is -0.383 e. The van der Waals surface area contributed by atoms with Crippen molar-refractivity contribution in [1.29, 1.82) is 0 Å². The predicted octanol–water partition coefficient (Wildman–Crippen LogP) is 2.94. The summed E-state index contributed by atoms with van der Waals surface area (Å²) in [6.07, 6.45) is 0. The molecule has 0 bridgehead atoms. The van der Waals surface area contributed by atoms with E-state index in [-0.39, 0.29) is 0 Å². The summed E-state index contributed by atoms with van der Waals surface area (Å²) in [6.45, 7) is 8.24. The average Bonchev–Trinajstić information content (AvgIpc) is 2.45. The van der Waals surface area contributed by atoms with Gasteiger partial charge >= 0.3 is 0 Å². The molecule has 0 heterocycles. The number of nitrogens with zero attached hydrogens (tertiary/aromatic N) is 1. The molecule has 0 spiro atoms. The maximum Gasteiger partial charge on any atom is 0.0637 e. The third kappa shape index (κ3) is 6.22. The van der Waals surface area contributed by atoms with Crippen molar-refractivity contribution in [2.24, 2.45) is 0 Å². The van der Waals surface area contributed by atoms with Crippen LogP contribution in [-0.4, -0.2) is 46.6 Å². The van der Waals surface area contributed by atoms with Gasteiger partial charge in [0.15, 0.2) is 0 Å². The Labute approximate surface area is 133 Å². The molecule has 1 aromatic carbocycles. The number of anilines is 1. The first-order valence-corrected chi connectivity index (χ1v) is 7.71. The van der Waals surface area contributed by atoms with Crippen LogP contribution >= 0.6 is 11.6 Å². The van der Waals surface area contributed by atoms with Crippen molar-refractivity contribution in [3.05, 3.63) is 28.8 Å². The van der Waals surface area contributed by atoms with Crippen molar-refractivity contribution in [2.75, 3.05) is 45.4 Å². The predicted molar refractivity (Wildman–Crippen MR) is 89.4 cm³/mol. The normalized spacial score (nSPS) is 11.1.